The predicted molar refractivity (Wildman–Crippen MR) is 108 cm³/mol. The van der Waals surface area contributed by atoms with Gasteiger partial charge in [-0.2, -0.15) is 5.10 Å². The number of rotatable bonds is 4. The van der Waals surface area contributed by atoms with Crippen LogP contribution in [0.25, 0.3) is 22.5 Å². The van der Waals surface area contributed by atoms with Gasteiger partial charge in [0, 0.05) is 30.9 Å². The van der Waals surface area contributed by atoms with Crippen LogP contribution >= 0.6 is 0 Å². The van der Waals surface area contributed by atoms with Crippen LogP contribution in [-0.2, 0) is 6.54 Å². The van der Waals surface area contributed by atoms with Gasteiger partial charge in [0.1, 0.15) is 5.69 Å². The zero-order valence-electron chi connectivity index (χ0n) is 17.1. The fraction of sp³-hybridized carbons (Fsp3) is 0.524. The Kier molecular flexibility index (Phi) is 4.38. The van der Waals surface area contributed by atoms with Crippen molar-refractivity contribution in [2.75, 3.05) is 7.05 Å². The molecule has 0 radical (unpaired) electrons. The number of pyridine rings is 1. The van der Waals surface area contributed by atoms with Gasteiger partial charge in [0.25, 0.3) is 11.6 Å². The number of aryl methyl sites for hydroxylation is 2. The number of nitrogens with one attached hydrogen (secondary N) is 1. The van der Waals surface area contributed by atoms with Gasteiger partial charge in [0.05, 0.1) is 22.3 Å². The minimum Gasteiger partial charge on any atom is -0.349 e. The summed E-state index contributed by atoms with van der Waals surface area (Å²) in [4.78, 5) is 20.3. The second kappa shape index (κ2) is 6.95. The molecular weight excluding hydrogens is 368 g/mol. The zero-order chi connectivity index (χ0) is 20.1. The molecule has 5 heterocycles. The molecule has 2 fully saturated rings. The number of amides is 1. The highest BCUT2D eigenvalue weighted by atomic mass is 16.5. The van der Waals surface area contributed by atoms with Crippen LogP contribution in [0.4, 0.5) is 0 Å². The molecule has 3 aromatic rings. The van der Waals surface area contributed by atoms with Crippen molar-refractivity contribution in [3.63, 3.8) is 0 Å². The minimum absolute atomic E-state index is 0.0890. The summed E-state index contributed by atoms with van der Waals surface area (Å²) in [6, 6.07) is 5.05. The summed E-state index contributed by atoms with van der Waals surface area (Å²) in [6.07, 6.45) is 6.36. The van der Waals surface area contributed by atoms with E-state index in [1.165, 1.54) is 12.8 Å². The minimum atomic E-state index is -0.0890. The van der Waals surface area contributed by atoms with E-state index in [1.54, 1.807) is 0 Å². The van der Waals surface area contributed by atoms with E-state index < -0.39 is 0 Å². The number of fused-ring (bicyclic) bond motifs is 3. The Labute approximate surface area is 169 Å². The third-order valence-corrected chi connectivity index (χ3v) is 6.52. The molecule has 2 aliphatic heterocycles. The van der Waals surface area contributed by atoms with Crippen LogP contribution in [0.2, 0.25) is 0 Å². The van der Waals surface area contributed by atoms with Crippen molar-refractivity contribution in [3.8, 4) is 11.4 Å². The van der Waals surface area contributed by atoms with Gasteiger partial charge >= 0.3 is 0 Å². The molecule has 0 spiro atoms. The normalized spacial score (nSPS) is 24.3. The summed E-state index contributed by atoms with van der Waals surface area (Å²) < 4.78 is 7.23. The smallest absolute Gasteiger partial charge is 0.259 e. The van der Waals surface area contributed by atoms with Gasteiger partial charge in [-0.1, -0.05) is 5.16 Å². The Morgan fingerprint density at radius 2 is 2.03 bits per heavy atom. The molecule has 3 aromatic heterocycles. The molecular formula is C21H26N6O2. The molecule has 0 aliphatic carbocycles. The van der Waals surface area contributed by atoms with Crippen molar-refractivity contribution in [1.82, 2.24) is 30.1 Å². The molecule has 5 rings (SSSR count). The molecule has 1 amide bonds. The summed E-state index contributed by atoms with van der Waals surface area (Å²) >= 11 is 0. The third kappa shape index (κ3) is 3.11. The molecule has 29 heavy (non-hydrogen) atoms. The van der Waals surface area contributed by atoms with E-state index in [-0.39, 0.29) is 11.9 Å². The molecule has 0 aromatic carbocycles. The molecule has 2 saturated heterocycles. The van der Waals surface area contributed by atoms with E-state index in [1.807, 2.05) is 36.9 Å². The van der Waals surface area contributed by atoms with Crippen LogP contribution < -0.4 is 5.32 Å². The van der Waals surface area contributed by atoms with Crippen molar-refractivity contribution in [1.29, 1.82) is 0 Å². The molecule has 8 nitrogen and oxygen atoms in total. The second-order valence-corrected chi connectivity index (χ2v) is 8.25. The number of carbonyl (C=O) groups excluding carboxylic acids is 1. The molecule has 1 N–H and O–H groups in total. The van der Waals surface area contributed by atoms with E-state index in [0.29, 0.717) is 45.8 Å². The number of hydrogen-bond acceptors (Lipinski definition) is 6. The Balaban J connectivity index is 1.48. The molecule has 8 heteroatoms. The number of nitrogens with zero attached hydrogens (tertiary/aromatic N) is 5. The zero-order valence-corrected chi connectivity index (χ0v) is 17.1. The van der Waals surface area contributed by atoms with Crippen LogP contribution in [0.5, 0.6) is 0 Å². The third-order valence-electron chi connectivity index (χ3n) is 6.52. The van der Waals surface area contributed by atoms with Crippen LogP contribution in [0.1, 0.15) is 48.7 Å². The molecule has 152 valence electrons. The lowest BCUT2D eigenvalue weighted by molar-refractivity contribution is 0.0884. The van der Waals surface area contributed by atoms with Gasteiger partial charge in [0.2, 0.25) is 0 Å². The van der Waals surface area contributed by atoms with E-state index in [9.17, 15) is 4.79 Å². The van der Waals surface area contributed by atoms with Gasteiger partial charge in [-0.3, -0.25) is 9.48 Å². The van der Waals surface area contributed by atoms with Crippen LogP contribution in [0.3, 0.4) is 0 Å². The highest BCUT2D eigenvalue weighted by molar-refractivity contribution is 6.07. The lowest BCUT2D eigenvalue weighted by Crippen LogP contribution is -2.48. The fourth-order valence-corrected chi connectivity index (χ4v) is 4.87. The van der Waals surface area contributed by atoms with Crippen molar-refractivity contribution in [2.45, 2.75) is 64.2 Å². The van der Waals surface area contributed by atoms with E-state index >= 15 is 0 Å². The number of hydrogen-bond donors (Lipinski definition) is 1. The average molecular weight is 394 g/mol. The molecule has 2 aliphatic rings. The van der Waals surface area contributed by atoms with Gasteiger partial charge in [0.15, 0.2) is 0 Å². The SMILES string of the molecule is CCn1ccc(-c2cc(C(=O)NC3CC4CCC(C3)N4C)c3c(C)noc3n2)n1. The first-order valence-electron chi connectivity index (χ1n) is 10.4. The molecule has 2 unspecified atom stereocenters. The van der Waals surface area contributed by atoms with E-state index in [0.717, 1.165) is 19.4 Å². The molecule has 2 bridgehead atoms. The lowest BCUT2D eigenvalue weighted by atomic mass is 9.97. The fourth-order valence-electron chi connectivity index (χ4n) is 4.87. The Hall–Kier alpha value is -2.74. The Morgan fingerprint density at radius 3 is 2.72 bits per heavy atom. The predicted octanol–water partition coefficient (Wildman–Crippen LogP) is 2.77. The highest BCUT2D eigenvalue weighted by Crippen LogP contribution is 2.34. The first-order valence-corrected chi connectivity index (χ1v) is 10.4. The summed E-state index contributed by atoms with van der Waals surface area (Å²) in [6.45, 7) is 4.64. The monoisotopic (exact) mass is 394 g/mol. The average Bonchev–Trinajstić information content (AvgIpc) is 3.38. The quantitative estimate of drug-likeness (QED) is 0.732. The topological polar surface area (TPSA) is 89.1 Å². The van der Waals surface area contributed by atoms with Crippen LogP contribution in [0, 0.1) is 6.92 Å². The van der Waals surface area contributed by atoms with Crippen molar-refractivity contribution < 1.29 is 9.32 Å². The molecule has 0 saturated carbocycles. The first kappa shape index (κ1) is 18.3. The van der Waals surface area contributed by atoms with Crippen LogP contribution in [-0.4, -0.2) is 55.9 Å². The summed E-state index contributed by atoms with van der Waals surface area (Å²) in [7, 11) is 2.20. The van der Waals surface area contributed by atoms with Crippen LogP contribution in [0.15, 0.2) is 22.9 Å². The van der Waals surface area contributed by atoms with Crippen molar-refractivity contribution in [2.24, 2.45) is 0 Å². The number of aromatic nitrogens is 4. The van der Waals surface area contributed by atoms with Gasteiger partial charge in [-0.05, 0) is 58.7 Å². The molecule has 2 atom stereocenters. The first-order chi connectivity index (χ1) is 14.0. The van der Waals surface area contributed by atoms with Crippen molar-refractivity contribution in [3.05, 3.63) is 29.6 Å². The number of carbonyl (C=O) groups is 1. The maximum Gasteiger partial charge on any atom is 0.259 e. The maximum atomic E-state index is 13.3. The second-order valence-electron chi connectivity index (χ2n) is 8.25. The van der Waals surface area contributed by atoms with Crippen molar-refractivity contribution >= 4 is 17.0 Å². The summed E-state index contributed by atoms with van der Waals surface area (Å²) in [5.74, 6) is -0.0890. The van der Waals surface area contributed by atoms with Gasteiger partial charge in [-0.15, -0.1) is 0 Å². The van der Waals surface area contributed by atoms with E-state index in [4.69, 9.17) is 4.52 Å². The Morgan fingerprint density at radius 1 is 1.28 bits per heavy atom. The van der Waals surface area contributed by atoms with Gasteiger partial charge < -0.3 is 14.7 Å². The summed E-state index contributed by atoms with van der Waals surface area (Å²) in [5, 5.41) is 12.5. The van der Waals surface area contributed by atoms with Gasteiger partial charge in [-0.25, -0.2) is 4.98 Å². The maximum absolute atomic E-state index is 13.3. The highest BCUT2D eigenvalue weighted by Gasteiger charge is 2.39. The van der Waals surface area contributed by atoms with E-state index in [2.05, 4.69) is 32.5 Å². The largest absolute Gasteiger partial charge is 0.349 e. The number of piperidine rings is 1. The Bertz CT molecular complexity index is 1060. The standard InChI is InChI=1S/C21H26N6O2/c1-4-27-8-7-17(24-27)18-11-16(19-12(2)25-29-21(19)23-18)20(28)22-13-9-14-5-6-15(10-13)26(14)3/h7-8,11,13-15H,4-6,9-10H2,1-3H3,(H,22,28). The lowest BCUT2D eigenvalue weighted by Gasteiger charge is -2.36. The summed E-state index contributed by atoms with van der Waals surface area (Å²) in [5.41, 5.74) is 2.94.